The van der Waals surface area contributed by atoms with Crippen molar-refractivity contribution in [3.05, 3.63) is 65.1 Å². The van der Waals surface area contributed by atoms with Crippen molar-refractivity contribution in [2.45, 2.75) is 25.7 Å². The first kappa shape index (κ1) is 26.3. The summed E-state index contributed by atoms with van der Waals surface area (Å²) in [5.41, 5.74) is 3.23. The number of nitrogens with one attached hydrogen (secondary N) is 2. The van der Waals surface area contributed by atoms with Crippen LogP contribution in [0.15, 0.2) is 43.0 Å². The van der Waals surface area contributed by atoms with Crippen molar-refractivity contribution in [3.8, 4) is 17.4 Å². The highest BCUT2D eigenvalue weighted by molar-refractivity contribution is 6.30. The number of hydrogen-bond donors (Lipinski definition) is 2. The number of anilines is 3. The first-order chi connectivity index (χ1) is 17.7. The lowest BCUT2D eigenvalue weighted by molar-refractivity contribution is -0.111. The van der Waals surface area contributed by atoms with Gasteiger partial charge in [0.2, 0.25) is 11.1 Å². The maximum Gasteiger partial charge on any atom is 0.262 e. The third kappa shape index (κ3) is 6.52. The van der Waals surface area contributed by atoms with Crippen molar-refractivity contribution in [1.82, 2.24) is 20.1 Å². The zero-order valence-corrected chi connectivity index (χ0v) is 21.6. The van der Waals surface area contributed by atoms with E-state index >= 15 is 0 Å². The quantitative estimate of drug-likeness (QED) is 0.374. The lowest BCUT2D eigenvalue weighted by atomic mass is 9.86. The average molecular weight is 527 g/mol. The molecule has 1 fully saturated rings. The van der Waals surface area contributed by atoms with Gasteiger partial charge in [0.1, 0.15) is 17.3 Å². The van der Waals surface area contributed by atoms with Gasteiger partial charge in [-0.1, -0.05) is 18.2 Å². The fourth-order valence-electron chi connectivity index (χ4n) is 4.27. The summed E-state index contributed by atoms with van der Waals surface area (Å²) in [4.78, 5) is 18.2. The van der Waals surface area contributed by atoms with Crippen molar-refractivity contribution in [1.29, 1.82) is 0 Å². The molecule has 0 bridgehead atoms. The summed E-state index contributed by atoms with van der Waals surface area (Å²) in [6.45, 7) is 7.57. The summed E-state index contributed by atoms with van der Waals surface area (Å²) < 4.78 is 25.4. The summed E-state index contributed by atoms with van der Waals surface area (Å²) >= 11 is 6.14. The Morgan fingerprint density at radius 2 is 1.97 bits per heavy atom. The fraction of sp³-hybridized carbons (Fsp3) is 0.308. The van der Waals surface area contributed by atoms with E-state index in [-0.39, 0.29) is 28.4 Å². The van der Waals surface area contributed by atoms with Crippen LogP contribution in [0.25, 0.3) is 0 Å². The normalized spacial score (nSPS) is 14.2. The molecule has 2 heterocycles. The molecule has 1 amide bonds. The number of likely N-dealkylation sites (tertiary alicyclic amines) is 1. The Morgan fingerprint density at radius 1 is 1.22 bits per heavy atom. The zero-order chi connectivity index (χ0) is 26.5. The summed E-state index contributed by atoms with van der Waals surface area (Å²) in [5, 5.41) is 13.4. The Kier molecular flexibility index (Phi) is 8.20. The van der Waals surface area contributed by atoms with Gasteiger partial charge in [-0.3, -0.25) is 4.79 Å². The monoisotopic (exact) mass is 526 g/mol. The van der Waals surface area contributed by atoms with E-state index in [2.05, 4.69) is 57.3 Å². The van der Waals surface area contributed by atoms with E-state index in [9.17, 15) is 9.18 Å². The van der Waals surface area contributed by atoms with Gasteiger partial charge >= 0.3 is 0 Å². The number of hydrogen-bond acceptors (Lipinski definition) is 8. The molecule has 11 heteroatoms. The largest absolute Gasteiger partial charge is 0.495 e. The van der Waals surface area contributed by atoms with Crippen LogP contribution in [0.4, 0.5) is 21.7 Å². The number of aromatic nitrogens is 3. The van der Waals surface area contributed by atoms with Crippen molar-refractivity contribution < 1.29 is 18.7 Å². The molecule has 0 spiro atoms. The van der Waals surface area contributed by atoms with Crippen LogP contribution < -0.4 is 20.1 Å². The average Bonchev–Trinajstić information content (AvgIpc) is 2.86. The third-order valence-electron chi connectivity index (χ3n) is 6.15. The molecule has 1 aliphatic rings. The molecule has 4 rings (SSSR count). The molecule has 3 aromatic rings. The second kappa shape index (κ2) is 11.5. The van der Waals surface area contributed by atoms with E-state index < -0.39 is 11.7 Å². The van der Waals surface area contributed by atoms with Crippen molar-refractivity contribution in [2.24, 2.45) is 0 Å². The van der Waals surface area contributed by atoms with Gasteiger partial charge in [-0.2, -0.15) is 4.98 Å². The molecule has 0 unspecified atom stereocenters. The summed E-state index contributed by atoms with van der Waals surface area (Å²) in [7, 11) is 3.75. The van der Waals surface area contributed by atoms with Gasteiger partial charge in [0.15, 0.2) is 0 Å². The molecule has 0 saturated carbocycles. The van der Waals surface area contributed by atoms with Crippen LogP contribution in [-0.4, -0.2) is 53.2 Å². The number of rotatable bonds is 8. The summed E-state index contributed by atoms with van der Waals surface area (Å²) in [6.07, 6.45) is 3.26. The maximum absolute atomic E-state index is 14.1. The Morgan fingerprint density at radius 3 is 2.68 bits per heavy atom. The molecule has 0 radical (unpaired) electrons. The van der Waals surface area contributed by atoms with Crippen LogP contribution in [0.3, 0.4) is 0 Å². The van der Waals surface area contributed by atoms with Crippen molar-refractivity contribution in [2.75, 3.05) is 37.9 Å². The van der Waals surface area contributed by atoms with E-state index in [4.69, 9.17) is 21.1 Å². The molecule has 1 aliphatic heterocycles. The molecule has 9 nitrogen and oxygen atoms in total. The van der Waals surface area contributed by atoms with Crippen LogP contribution in [0.1, 0.15) is 29.9 Å². The van der Waals surface area contributed by atoms with Gasteiger partial charge in [0.25, 0.3) is 11.8 Å². The number of halogens is 2. The molecule has 194 valence electrons. The molecular weight excluding hydrogens is 499 g/mol. The third-order valence-corrected chi connectivity index (χ3v) is 6.39. The Hall–Kier alpha value is -3.76. The second-order valence-corrected chi connectivity index (χ2v) is 9.17. The highest BCUT2D eigenvalue weighted by Gasteiger charge is 2.22. The number of carbonyl (C=O) groups is 1. The first-order valence-electron chi connectivity index (χ1n) is 11.7. The number of carbonyl (C=O) groups excluding carboxylic acids is 1. The Labute approximate surface area is 219 Å². The molecule has 0 atom stereocenters. The van der Waals surface area contributed by atoms with E-state index in [1.165, 1.54) is 11.6 Å². The molecule has 1 saturated heterocycles. The zero-order valence-electron chi connectivity index (χ0n) is 20.8. The van der Waals surface area contributed by atoms with Gasteiger partial charge < -0.3 is 25.0 Å². The summed E-state index contributed by atoms with van der Waals surface area (Å²) in [6, 6.07) is 7.74. The predicted molar refractivity (Wildman–Crippen MR) is 141 cm³/mol. The minimum atomic E-state index is -0.627. The van der Waals surface area contributed by atoms with Crippen molar-refractivity contribution >= 4 is 34.8 Å². The van der Waals surface area contributed by atoms with Crippen LogP contribution in [-0.2, 0) is 4.79 Å². The van der Waals surface area contributed by atoms with Gasteiger partial charge in [-0.15, -0.1) is 10.2 Å². The fourth-order valence-corrected chi connectivity index (χ4v) is 4.38. The second-order valence-electron chi connectivity index (χ2n) is 8.81. The first-order valence-corrected chi connectivity index (χ1v) is 12.1. The number of methoxy groups -OCH3 is 1. The molecule has 1 aromatic heterocycles. The molecule has 2 N–H and O–H groups in total. The highest BCUT2D eigenvalue weighted by atomic mass is 35.5. The maximum atomic E-state index is 14.1. The number of benzene rings is 2. The molecule has 0 aliphatic carbocycles. The smallest absolute Gasteiger partial charge is 0.262 e. The molecule has 2 aromatic carbocycles. The lowest BCUT2D eigenvalue weighted by Gasteiger charge is -2.30. The van der Waals surface area contributed by atoms with E-state index in [0.29, 0.717) is 17.4 Å². The minimum absolute atomic E-state index is 0.0589. The van der Waals surface area contributed by atoms with Gasteiger partial charge in [-0.25, -0.2) is 4.39 Å². The Balaban J connectivity index is 1.56. The molecular formula is C26H28ClFN6O3. The van der Waals surface area contributed by atoms with E-state index in [1.54, 1.807) is 7.11 Å². The van der Waals surface area contributed by atoms with Gasteiger partial charge in [0.05, 0.1) is 12.8 Å². The Bertz CT molecular complexity index is 1310. The number of amides is 1. The summed E-state index contributed by atoms with van der Waals surface area (Å²) in [5.74, 6) is 0.0798. The predicted octanol–water partition coefficient (Wildman–Crippen LogP) is 5.45. The van der Waals surface area contributed by atoms with Crippen molar-refractivity contribution in [3.63, 3.8) is 0 Å². The van der Waals surface area contributed by atoms with Crippen LogP contribution in [0, 0.1) is 12.7 Å². The standard InChI is InChI=1S/C26H28ClFN6O3/c1-5-23(35)29-18-11-17(28)12-19(13-18)37-25-24(27)32-33-26(31-25)30-21-10-15(2)20(14-22(21)36-4)16-6-8-34(3)9-7-16/h5,10-14,16H,1,6-9H2,2-4H3,(H,29,35)(H,30,31,33). The number of piperidine rings is 1. The SMILES string of the molecule is C=CC(=O)Nc1cc(F)cc(Oc2nc(Nc3cc(C)c(C4CCN(C)CC4)cc3OC)nnc2Cl)c1. The topological polar surface area (TPSA) is 102 Å². The van der Waals surface area contributed by atoms with E-state index in [1.807, 2.05) is 6.07 Å². The lowest BCUT2D eigenvalue weighted by Crippen LogP contribution is -2.29. The van der Waals surface area contributed by atoms with Gasteiger partial charge in [-0.05, 0) is 81.2 Å². The number of nitrogens with zero attached hydrogens (tertiary/aromatic N) is 4. The molecule has 37 heavy (non-hydrogen) atoms. The van der Waals surface area contributed by atoms with Crippen LogP contribution in [0.2, 0.25) is 5.15 Å². The minimum Gasteiger partial charge on any atom is -0.495 e. The highest BCUT2D eigenvalue weighted by Crippen LogP contribution is 2.37. The number of ether oxygens (including phenoxy) is 2. The van der Waals surface area contributed by atoms with Crippen LogP contribution in [0.5, 0.6) is 17.4 Å². The van der Waals surface area contributed by atoms with Gasteiger partial charge in [0, 0.05) is 17.8 Å². The van der Waals surface area contributed by atoms with E-state index in [0.717, 1.165) is 49.7 Å². The van der Waals surface area contributed by atoms with Crippen LogP contribution >= 0.6 is 11.6 Å². The number of aryl methyl sites for hydroxylation is 1.